The highest BCUT2D eigenvalue weighted by Crippen LogP contribution is 2.22. The third kappa shape index (κ3) is 6.20. The van der Waals surface area contributed by atoms with E-state index in [1.807, 2.05) is 48.5 Å². The Labute approximate surface area is 214 Å². The van der Waals surface area contributed by atoms with E-state index in [1.54, 1.807) is 6.21 Å². The van der Waals surface area contributed by atoms with Crippen molar-refractivity contribution in [3.63, 3.8) is 0 Å². The number of rotatable bonds is 8. The summed E-state index contributed by atoms with van der Waals surface area (Å²) in [5, 5.41) is 5.07. The summed E-state index contributed by atoms with van der Waals surface area (Å²) in [6.07, 6.45) is 1.69. The van der Waals surface area contributed by atoms with Crippen molar-refractivity contribution in [3.05, 3.63) is 64.7 Å². The van der Waals surface area contributed by atoms with E-state index in [4.69, 9.17) is 30.8 Å². The second-order valence-corrected chi connectivity index (χ2v) is 8.65. The lowest BCUT2D eigenvalue weighted by molar-refractivity contribution is 0.121. The molecule has 0 saturated carbocycles. The first kappa shape index (κ1) is 24.2. The predicted octanol–water partition coefficient (Wildman–Crippen LogP) is 3.22. The SMILES string of the molecule is Clc1ccccc1COc1ccccc1/C=N/Nc1nc(N2CCOCC2)nc(N2CCOCC2)n1. The first-order chi connectivity index (χ1) is 17.8. The molecule has 2 aromatic carbocycles. The Balaban J connectivity index is 1.32. The summed E-state index contributed by atoms with van der Waals surface area (Å²) < 4.78 is 17.0. The minimum atomic E-state index is 0.358. The molecule has 0 atom stereocenters. The number of para-hydroxylation sites is 1. The number of hydrogen-bond donors (Lipinski definition) is 1. The number of morpholine rings is 2. The normalized spacial score (nSPS) is 16.4. The zero-order valence-corrected chi connectivity index (χ0v) is 20.6. The summed E-state index contributed by atoms with van der Waals surface area (Å²) in [6, 6.07) is 15.3. The van der Waals surface area contributed by atoms with Crippen LogP contribution in [0.4, 0.5) is 17.8 Å². The molecule has 1 N–H and O–H groups in total. The molecule has 2 aliphatic heterocycles. The van der Waals surface area contributed by atoms with Gasteiger partial charge < -0.3 is 24.0 Å². The molecule has 3 heterocycles. The molecule has 0 aliphatic carbocycles. The number of hydrazone groups is 1. The van der Waals surface area contributed by atoms with Gasteiger partial charge in [-0.25, -0.2) is 5.43 Å². The van der Waals surface area contributed by atoms with Gasteiger partial charge in [-0.3, -0.25) is 0 Å². The van der Waals surface area contributed by atoms with E-state index < -0.39 is 0 Å². The minimum Gasteiger partial charge on any atom is -0.488 e. The smallest absolute Gasteiger partial charge is 0.250 e. The maximum atomic E-state index is 6.26. The summed E-state index contributed by atoms with van der Waals surface area (Å²) in [4.78, 5) is 18.1. The lowest BCUT2D eigenvalue weighted by atomic mass is 10.2. The highest BCUT2D eigenvalue weighted by atomic mass is 35.5. The first-order valence-electron chi connectivity index (χ1n) is 11.9. The minimum absolute atomic E-state index is 0.358. The molecule has 0 spiro atoms. The molecule has 2 aliphatic rings. The van der Waals surface area contributed by atoms with E-state index in [1.165, 1.54) is 0 Å². The number of anilines is 3. The molecular weight excluding hydrogens is 482 g/mol. The molecule has 2 saturated heterocycles. The molecule has 2 fully saturated rings. The maximum Gasteiger partial charge on any atom is 0.250 e. The van der Waals surface area contributed by atoms with Crippen LogP contribution < -0.4 is 20.0 Å². The summed E-state index contributed by atoms with van der Waals surface area (Å²) >= 11 is 6.26. The van der Waals surface area contributed by atoms with Gasteiger partial charge in [-0.2, -0.15) is 20.1 Å². The van der Waals surface area contributed by atoms with Crippen molar-refractivity contribution in [1.29, 1.82) is 0 Å². The molecule has 1 aromatic heterocycles. The maximum absolute atomic E-state index is 6.26. The van der Waals surface area contributed by atoms with E-state index in [0.29, 0.717) is 61.7 Å². The topological polar surface area (TPSA) is 97.2 Å². The largest absolute Gasteiger partial charge is 0.488 e. The fourth-order valence-electron chi connectivity index (χ4n) is 3.86. The second-order valence-electron chi connectivity index (χ2n) is 8.25. The van der Waals surface area contributed by atoms with Crippen LogP contribution in [-0.2, 0) is 16.1 Å². The Bertz CT molecular complexity index is 1150. The molecule has 188 valence electrons. The number of ether oxygens (including phenoxy) is 3. The van der Waals surface area contributed by atoms with E-state index in [2.05, 4.69) is 30.3 Å². The standard InChI is InChI=1S/C25H28ClN7O3/c26-21-7-3-1-6-20(21)18-36-22-8-4-2-5-19(22)17-27-31-23-28-24(32-9-13-34-14-10-32)30-25(29-23)33-11-15-35-16-12-33/h1-8,17H,9-16,18H2,(H,28,29,30,31)/b27-17+. The lowest BCUT2D eigenvalue weighted by Crippen LogP contribution is -2.40. The molecule has 3 aromatic rings. The molecule has 0 unspecified atom stereocenters. The summed E-state index contributed by atoms with van der Waals surface area (Å²) in [5.74, 6) is 2.28. The monoisotopic (exact) mass is 509 g/mol. The van der Waals surface area contributed by atoms with Crippen LogP contribution >= 0.6 is 11.6 Å². The average Bonchev–Trinajstić information content (AvgIpc) is 2.94. The fraction of sp³-hybridized carbons (Fsp3) is 0.360. The first-order valence-corrected chi connectivity index (χ1v) is 12.3. The number of aromatic nitrogens is 3. The molecule has 36 heavy (non-hydrogen) atoms. The molecule has 5 rings (SSSR count). The highest BCUT2D eigenvalue weighted by Gasteiger charge is 2.20. The Kier molecular flexibility index (Phi) is 8.06. The highest BCUT2D eigenvalue weighted by molar-refractivity contribution is 6.31. The Morgan fingerprint density at radius 1 is 0.861 bits per heavy atom. The zero-order chi connectivity index (χ0) is 24.6. The van der Waals surface area contributed by atoms with Gasteiger partial charge >= 0.3 is 0 Å². The van der Waals surface area contributed by atoms with E-state index >= 15 is 0 Å². The van der Waals surface area contributed by atoms with E-state index in [-0.39, 0.29) is 0 Å². The van der Waals surface area contributed by atoms with Gasteiger partial charge in [0.05, 0.1) is 32.6 Å². The van der Waals surface area contributed by atoms with Gasteiger partial charge in [0.25, 0.3) is 0 Å². The van der Waals surface area contributed by atoms with Crippen LogP contribution in [0, 0.1) is 0 Å². The number of benzene rings is 2. The third-order valence-electron chi connectivity index (χ3n) is 5.83. The van der Waals surface area contributed by atoms with Gasteiger partial charge in [0.2, 0.25) is 17.8 Å². The van der Waals surface area contributed by atoms with Crippen molar-refractivity contribution in [3.8, 4) is 5.75 Å². The Morgan fingerprint density at radius 3 is 2.14 bits per heavy atom. The molecule has 0 amide bonds. The van der Waals surface area contributed by atoms with Crippen molar-refractivity contribution in [2.75, 3.05) is 67.8 Å². The van der Waals surface area contributed by atoms with Crippen LogP contribution in [0.15, 0.2) is 53.6 Å². The van der Waals surface area contributed by atoms with Crippen LogP contribution in [0.1, 0.15) is 11.1 Å². The lowest BCUT2D eigenvalue weighted by Gasteiger charge is -2.30. The number of nitrogens with zero attached hydrogens (tertiary/aromatic N) is 6. The summed E-state index contributed by atoms with van der Waals surface area (Å²) in [5.41, 5.74) is 4.71. The van der Waals surface area contributed by atoms with E-state index in [9.17, 15) is 0 Å². The van der Waals surface area contributed by atoms with Crippen molar-refractivity contribution in [2.24, 2.45) is 5.10 Å². The van der Waals surface area contributed by atoms with Gasteiger partial charge in [-0.15, -0.1) is 0 Å². The number of nitrogens with one attached hydrogen (secondary N) is 1. The van der Waals surface area contributed by atoms with Gasteiger partial charge in [0.15, 0.2) is 0 Å². The van der Waals surface area contributed by atoms with Crippen LogP contribution in [0.5, 0.6) is 5.75 Å². The third-order valence-corrected chi connectivity index (χ3v) is 6.20. The van der Waals surface area contributed by atoms with Crippen LogP contribution in [0.25, 0.3) is 0 Å². The number of hydrogen-bond acceptors (Lipinski definition) is 10. The van der Waals surface area contributed by atoms with Crippen molar-refractivity contribution in [1.82, 2.24) is 15.0 Å². The van der Waals surface area contributed by atoms with Gasteiger partial charge in [-0.05, 0) is 18.2 Å². The second kappa shape index (κ2) is 12.0. The Hall–Kier alpha value is -3.47. The van der Waals surface area contributed by atoms with Crippen molar-refractivity contribution in [2.45, 2.75) is 6.61 Å². The molecule has 10 nitrogen and oxygen atoms in total. The van der Waals surface area contributed by atoms with Gasteiger partial charge in [-0.1, -0.05) is 41.9 Å². The Morgan fingerprint density at radius 2 is 1.47 bits per heavy atom. The zero-order valence-electron chi connectivity index (χ0n) is 19.8. The van der Waals surface area contributed by atoms with Crippen LogP contribution in [0.3, 0.4) is 0 Å². The molecule has 0 bridgehead atoms. The average molecular weight is 510 g/mol. The fourth-order valence-corrected chi connectivity index (χ4v) is 4.05. The van der Waals surface area contributed by atoms with Crippen LogP contribution in [0.2, 0.25) is 5.02 Å². The molecular formula is C25H28ClN7O3. The van der Waals surface area contributed by atoms with Gasteiger partial charge in [0.1, 0.15) is 12.4 Å². The summed E-state index contributed by atoms with van der Waals surface area (Å²) in [6.45, 7) is 5.84. The van der Waals surface area contributed by atoms with Gasteiger partial charge in [0, 0.05) is 42.3 Å². The number of halogens is 1. The molecule has 11 heteroatoms. The van der Waals surface area contributed by atoms with Crippen molar-refractivity contribution >= 4 is 35.7 Å². The molecule has 0 radical (unpaired) electrons. The summed E-state index contributed by atoms with van der Waals surface area (Å²) in [7, 11) is 0. The van der Waals surface area contributed by atoms with E-state index in [0.717, 1.165) is 37.3 Å². The quantitative estimate of drug-likeness (QED) is 0.362. The van der Waals surface area contributed by atoms with Crippen molar-refractivity contribution < 1.29 is 14.2 Å². The van der Waals surface area contributed by atoms with Crippen LogP contribution in [-0.4, -0.2) is 73.8 Å². The predicted molar refractivity (Wildman–Crippen MR) is 139 cm³/mol.